The Kier molecular flexibility index (Phi) is 6.61. The Morgan fingerprint density at radius 1 is 1.46 bits per heavy atom. The van der Waals surface area contributed by atoms with Crippen molar-refractivity contribution in [2.75, 3.05) is 12.4 Å². The first kappa shape index (κ1) is 20.3. The molecule has 4 N–H and O–H groups in total. The zero-order valence-electron chi connectivity index (χ0n) is 15.1. The van der Waals surface area contributed by atoms with Crippen LogP contribution in [0.15, 0.2) is 35.8 Å². The van der Waals surface area contributed by atoms with E-state index in [1.54, 1.807) is 19.4 Å². The molecule has 0 aromatic carbocycles. The molecule has 0 spiro atoms. The molecule has 146 valence electrons. The van der Waals surface area contributed by atoms with Crippen molar-refractivity contribution in [1.82, 2.24) is 15.0 Å². The van der Waals surface area contributed by atoms with Gasteiger partial charge in [0.15, 0.2) is 5.13 Å². The molecule has 3 aromatic rings. The zero-order chi connectivity index (χ0) is 20.1. The molecule has 0 amide bonds. The number of anilines is 1. The van der Waals surface area contributed by atoms with Crippen LogP contribution in [0.1, 0.15) is 16.0 Å². The summed E-state index contributed by atoms with van der Waals surface area (Å²) in [7, 11) is 1.60. The Labute approximate surface area is 176 Å². The van der Waals surface area contributed by atoms with Gasteiger partial charge in [-0.15, -0.1) is 11.3 Å². The van der Waals surface area contributed by atoms with Gasteiger partial charge in [-0.25, -0.2) is 9.97 Å². The van der Waals surface area contributed by atoms with Gasteiger partial charge in [0.25, 0.3) is 0 Å². The number of hydrogen-bond donors (Lipinski definition) is 3. The summed E-state index contributed by atoms with van der Waals surface area (Å²) in [6, 6.07) is 3.81. The van der Waals surface area contributed by atoms with Crippen LogP contribution in [0.3, 0.4) is 0 Å². The topological polar surface area (TPSA) is 88.8 Å². The first-order valence-electron chi connectivity index (χ1n) is 8.33. The summed E-state index contributed by atoms with van der Waals surface area (Å²) in [6.45, 7) is 4.52. The summed E-state index contributed by atoms with van der Waals surface area (Å²) in [5.41, 5.74) is 7.41. The van der Waals surface area contributed by atoms with Crippen LogP contribution in [0.4, 0.5) is 5.13 Å². The van der Waals surface area contributed by atoms with E-state index in [9.17, 15) is 0 Å². The van der Waals surface area contributed by atoms with E-state index in [-0.39, 0.29) is 0 Å². The SMILES string of the molecule is C=c1[nH]cc(Cc2sc(NCc3cccnc3OC)nc2Cl)/c1=C/C(Cl)=C\N. The molecule has 0 bridgehead atoms. The minimum absolute atomic E-state index is 0.439. The molecule has 0 aliphatic heterocycles. The van der Waals surface area contributed by atoms with E-state index in [2.05, 4.69) is 26.8 Å². The number of nitrogens with one attached hydrogen (secondary N) is 2. The molecule has 0 radical (unpaired) electrons. The molecule has 0 fully saturated rings. The molecule has 3 heterocycles. The van der Waals surface area contributed by atoms with Crippen molar-refractivity contribution in [2.45, 2.75) is 13.0 Å². The smallest absolute Gasteiger partial charge is 0.218 e. The molecule has 3 aromatic heterocycles. The molecular weight excluding hydrogens is 417 g/mol. The standard InChI is InChI=1S/C19H19Cl2N5OS/c1-11-15(7-14(20)8-22)13(10-24-11)6-16-17(21)26-19(28-16)25-9-12-4-3-5-23-18(12)27-2/h3-5,7-8,10,24H,1,6,9,22H2,2H3,(H,25,26)/b14-8+,15-7+. The molecule has 9 heteroatoms. The Morgan fingerprint density at radius 2 is 2.29 bits per heavy atom. The highest BCUT2D eigenvalue weighted by Crippen LogP contribution is 2.29. The van der Waals surface area contributed by atoms with Crippen LogP contribution in [-0.2, 0) is 13.0 Å². The molecule has 0 aliphatic carbocycles. The molecule has 3 rings (SSSR count). The summed E-state index contributed by atoms with van der Waals surface area (Å²) in [5.74, 6) is 0.582. The third-order valence-electron chi connectivity index (χ3n) is 4.01. The largest absolute Gasteiger partial charge is 0.481 e. The van der Waals surface area contributed by atoms with Gasteiger partial charge in [0.05, 0.1) is 17.0 Å². The number of nitrogens with two attached hydrogens (primary N) is 1. The molecule has 0 unspecified atom stereocenters. The molecule has 6 nitrogen and oxygen atoms in total. The molecule has 0 aliphatic rings. The predicted molar refractivity (Wildman–Crippen MR) is 116 cm³/mol. The monoisotopic (exact) mass is 435 g/mol. The van der Waals surface area contributed by atoms with Crippen molar-refractivity contribution in [3.05, 3.63) is 67.5 Å². The van der Waals surface area contributed by atoms with Gasteiger partial charge in [0.2, 0.25) is 5.88 Å². The fraction of sp³-hybridized carbons (Fsp3) is 0.158. The Bertz CT molecular complexity index is 1110. The third kappa shape index (κ3) is 4.67. The van der Waals surface area contributed by atoms with E-state index in [4.69, 9.17) is 33.7 Å². The van der Waals surface area contributed by atoms with Gasteiger partial charge >= 0.3 is 0 Å². The molecular formula is C19H19Cl2N5OS. The van der Waals surface area contributed by atoms with Crippen molar-refractivity contribution < 1.29 is 4.74 Å². The van der Waals surface area contributed by atoms with Gasteiger partial charge in [-0.1, -0.05) is 35.8 Å². The van der Waals surface area contributed by atoms with Gasteiger partial charge in [-0.05, 0) is 17.7 Å². The van der Waals surface area contributed by atoms with E-state index in [0.717, 1.165) is 31.7 Å². The van der Waals surface area contributed by atoms with E-state index in [1.807, 2.05) is 18.3 Å². The molecule has 0 saturated carbocycles. The summed E-state index contributed by atoms with van der Waals surface area (Å²) in [6.07, 6.45) is 7.29. The van der Waals surface area contributed by atoms with Gasteiger partial charge in [-0.3, -0.25) is 0 Å². The normalized spacial score (nSPS) is 12.4. The highest BCUT2D eigenvalue weighted by Gasteiger charge is 2.12. The molecule has 0 saturated heterocycles. The summed E-state index contributed by atoms with van der Waals surface area (Å²) < 4.78 is 5.27. The average Bonchev–Trinajstić information content (AvgIpc) is 3.23. The van der Waals surface area contributed by atoms with Crippen LogP contribution in [0.5, 0.6) is 5.88 Å². The van der Waals surface area contributed by atoms with E-state index >= 15 is 0 Å². The van der Waals surface area contributed by atoms with E-state index in [1.165, 1.54) is 17.5 Å². The number of allylic oxidation sites excluding steroid dienone is 1. The van der Waals surface area contributed by atoms with Crippen LogP contribution in [-0.4, -0.2) is 22.1 Å². The maximum absolute atomic E-state index is 6.36. The maximum atomic E-state index is 6.36. The second-order valence-corrected chi connectivity index (χ2v) is 7.72. The number of pyridine rings is 1. The highest BCUT2D eigenvalue weighted by atomic mass is 35.5. The number of rotatable bonds is 7. The number of hydrogen-bond acceptors (Lipinski definition) is 6. The lowest BCUT2D eigenvalue weighted by molar-refractivity contribution is 0.393. The Balaban J connectivity index is 1.79. The highest BCUT2D eigenvalue weighted by molar-refractivity contribution is 7.16. The van der Waals surface area contributed by atoms with Crippen molar-refractivity contribution >= 4 is 52.3 Å². The van der Waals surface area contributed by atoms with Crippen molar-refractivity contribution in [3.63, 3.8) is 0 Å². The fourth-order valence-electron chi connectivity index (χ4n) is 2.64. The summed E-state index contributed by atoms with van der Waals surface area (Å²) in [5, 5.41) is 6.55. The van der Waals surface area contributed by atoms with E-state index in [0.29, 0.717) is 29.0 Å². The summed E-state index contributed by atoms with van der Waals surface area (Å²) in [4.78, 5) is 12.6. The van der Waals surface area contributed by atoms with E-state index < -0.39 is 0 Å². The minimum atomic E-state index is 0.439. The minimum Gasteiger partial charge on any atom is -0.481 e. The lowest BCUT2D eigenvalue weighted by Crippen LogP contribution is -2.23. The third-order valence-corrected chi connectivity index (χ3v) is 5.68. The summed E-state index contributed by atoms with van der Waals surface area (Å²) >= 11 is 13.9. The number of aromatic amines is 1. The zero-order valence-corrected chi connectivity index (χ0v) is 17.5. The molecule has 28 heavy (non-hydrogen) atoms. The number of halogens is 2. The van der Waals surface area contributed by atoms with Crippen molar-refractivity contribution in [2.24, 2.45) is 5.73 Å². The van der Waals surface area contributed by atoms with Gasteiger partial charge in [0.1, 0.15) is 5.15 Å². The quantitative estimate of drug-likeness (QED) is 0.530. The van der Waals surface area contributed by atoms with Gasteiger partial charge < -0.3 is 20.8 Å². The fourth-order valence-corrected chi connectivity index (χ4v) is 3.94. The van der Waals surface area contributed by atoms with Crippen LogP contribution < -0.4 is 26.4 Å². The number of ether oxygens (including phenoxy) is 1. The Morgan fingerprint density at radius 3 is 3.04 bits per heavy atom. The lowest BCUT2D eigenvalue weighted by atomic mass is 10.1. The predicted octanol–water partition coefficient (Wildman–Crippen LogP) is 2.96. The van der Waals surface area contributed by atoms with Gasteiger partial charge in [-0.2, -0.15) is 0 Å². The number of nitrogens with zero attached hydrogens (tertiary/aromatic N) is 2. The second-order valence-electron chi connectivity index (χ2n) is 5.84. The second kappa shape index (κ2) is 9.14. The van der Waals surface area contributed by atoms with Crippen LogP contribution in [0, 0.1) is 0 Å². The van der Waals surface area contributed by atoms with Crippen LogP contribution >= 0.6 is 34.5 Å². The average molecular weight is 436 g/mol. The first-order chi connectivity index (χ1) is 13.5. The maximum Gasteiger partial charge on any atom is 0.218 e. The van der Waals surface area contributed by atoms with Gasteiger partial charge in [0, 0.05) is 47.7 Å². The number of aromatic nitrogens is 3. The number of H-pyrrole nitrogens is 1. The molecule has 0 atom stereocenters. The van der Waals surface area contributed by atoms with Crippen molar-refractivity contribution in [3.8, 4) is 5.88 Å². The first-order valence-corrected chi connectivity index (χ1v) is 9.90. The number of methoxy groups -OCH3 is 1. The lowest BCUT2D eigenvalue weighted by Gasteiger charge is -2.06. The van der Waals surface area contributed by atoms with Crippen LogP contribution in [0.2, 0.25) is 5.15 Å². The Hall–Kier alpha value is -2.48. The van der Waals surface area contributed by atoms with Crippen LogP contribution in [0.25, 0.3) is 12.7 Å². The number of thiazole rings is 1. The van der Waals surface area contributed by atoms with Crippen molar-refractivity contribution in [1.29, 1.82) is 0 Å².